The molecule has 1 fully saturated rings. The van der Waals surface area contributed by atoms with Gasteiger partial charge in [0.2, 0.25) is 5.91 Å². The number of nitrogens with one attached hydrogen (secondary N) is 2. The second-order valence-electron chi connectivity index (χ2n) is 5.23. The molecule has 2 heterocycles. The van der Waals surface area contributed by atoms with Crippen molar-refractivity contribution in [2.24, 2.45) is 17.7 Å². The zero-order chi connectivity index (χ0) is 13.2. The molecule has 6 heteroatoms. The van der Waals surface area contributed by atoms with Crippen LogP contribution in [-0.2, 0) is 4.79 Å². The van der Waals surface area contributed by atoms with E-state index in [2.05, 4.69) is 21.2 Å². The number of fused-ring (bicyclic) bond motifs is 1. The summed E-state index contributed by atoms with van der Waals surface area (Å²) in [5.74, 6) is 5.87. The maximum atomic E-state index is 11.5. The Morgan fingerprint density at radius 1 is 1.42 bits per heavy atom. The fourth-order valence-electron chi connectivity index (χ4n) is 3.11. The summed E-state index contributed by atoms with van der Waals surface area (Å²) in [5, 5.41) is 0. The molecule has 1 unspecified atom stereocenters. The van der Waals surface area contributed by atoms with Gasteiger partial charge in [0, 0.05) is 29.2 Å². The summed E-state index contributed by atoms with van der Waals surface area (Å²) < 4.78 is 3.50. The first-order chi connectivity index (χ1) is 9.29. The van der Waals surface area contributed by atoms with Gasteiger partial charge in [-0.15, -0.1) is 0 Å². The highest BCUT2D eigenvalue weighted by Gasteiger charge is 2.34. The van der Waals surface area contributed by atoms with Crippen molar-refractivity contribution in [1.82, 2.24) is 15.1 Å². The molecule has 102 valence electrons. The van der Waals surface area contributed by atoms with Crippen LogP contribution in [0.2, 0.25) is 0 Å². The average molecular weight is 278 g/mol. The van der Waals surface area contributed by atoms with Gasteiger partial charge in [-0.2, -0.15) is 0 Å². The Morgan fingerprint density at radius 3 is 2.95 bits per heavy atom. The monoisotopic (exact) mass is 278 g/mol. The summed E-state index contributed by atoms with van der Waals surface area (Å²) in [5.41, 5.74) is 3.62. The van der Waals surface area contributed by atoms with Crippen molar-refractivity contribution in [3.8, 4) is 0 Å². The van der Waals surface area contributed by atoms with Crippen LogP contribution in [0.25, 0.3) is 0 Å². The molecule has 1 aromatic rings. The number of carbonyl (C=O) groups excluding carboxylic acids is 1. The Labute approximate surface area is 116 Å². The van der Waals surface area contributed by atoms with Gasteiger partial charge in [-0.05, 0) is 55.2 Å². The summed E-state index contributed by atoms with van der Waals surface area (Å²) in [6.07, 6.45) is 7.76. The van der Waals surface area contributed by atoms with Gasteiger partial charge in [-0.3, -0.25) is 19.9 Å². The van der Waals surface area contributed by atoms with E-state index in [9.17, 15) is 4.79 Å². The summed E-state index contributed by atoms with van der Waals surface area (Å²) in [4.78, 5) is 16.9. The highest BCUT2D eigenvalue weighted by atomic mass is 32.2. The number of amides is 1. The molecule has 2 aliphatic rings. The van der Waals surface area contributed by atoms with Crippen molar-refractivity contribution in [2.75, 3.05) is 0 Å². The van der Waals surface area contributed by atoms with Crippen molar-refractivity contribution < 1.29 is 4.79 Å². The highest BCUT2D eigenvalue weighted by Crippen LogP contribution is 2.44. The minimum absolute atomic E-state index is 0.0168. The number of hydrogen-bond donors (Lipinski definition) is 3. The van der Waals surface area contributed by atoms with Crippen LogP contribution in [0.1, 0.15) is 37.3 Å². The van der Waals surface area contributed by atoms with Gasteiger partial charge in [-0.25, -0.2) is 5.84 Å². The minimum atomic E-state index is -0.0168. The minimum Gasteiger partial charge on any atom is -0.294 e. The zero-order valence-electron chi connectivity index (χ0n) is 10.6. The van der Waals surface area contributed by atoms with Crippen LogP contribution in [0.5, 0.6) is 0 Å². The standard InChI is InChI=1S/C13H18N4OS/c14-16-13(18)9-3-1-8(2-4-9)12-10-5-6-15-7-11(10)19-17-12/h5-9,12,17H,1-4,14H2,(H,16,18). The van der Waals surface area contributed by atoms with Crippen LogP contribution in [0, 0.1) is 11.8 Å². The fourth-order valence-corrected chi connectivity index (χ4v) is 4.11. The first-order valence-corrected chi connectivity index (χ1v) is 7.48. The molecule has 0 aromatic carbocycles. The van der Waals surface area contributed by atoms with Crippen molar-refractivity contribution in [1.29, 1.82) is 0 Å². The molecular weight excluding hydrogens is 260 g/mol. The number of pyridine rings is 1. The number of rotatable bonds is 2. The van der Waals surface area contributed by atoms with Crippen molar-refractivity contribution >= 4 is 17.9 Å². The van der Waals surface area contributed by atoms with Crippen LogP contribution >= 0.6 is 11.9 Å². The van der Waals surface area contributed by atoms with Crippen LogP contribution in [0.15, 0.2) is 23.4 Å². The van der Waals surface area contributed by atoms with Crippen LogP contribution in [-0.4, -0.2) is 10.9 Å². The lowest BCUT2D eigenvalue weighted by molar-refractivity contribution is -0.126. The normalized spacial score (nSPS) is 29.8. The van der Waals surface area contributed by atoms with Crippen molar-refractivity contribution in [3.63, 3.8) is 0 Å². The number of nitrogens with two attached hydrogens (primary N) is 1. The van der Waals surface area contributed by atoms with Gasteiger partial charge < -0.3 is 0 Å². The summed E-state index contributed by atoms with van der Waals surface area (Å²) in [6.45, 7) is 0. The summed E-state index contributed by atoms with van der Waals surface area (Å²) in [7, 11) is 0. The van der Waals surface area contributed by atoms with E-state index in [1.165, 1.54) is 10.5 Å². The molecule has 1 aliphatic carbocycles. The van der Waals surface area contributed by atoms with Gasteiger partial charge in [0.15, 0.2) is 0 Å². The molecule has 1 amide bonds. The predicted molar refractivity (Wildman–Crippen MR) is 73.7 cm³/mol. The SMILES string of the molecule is NNC(=O)C1CCC(C2NSc3cnccc32)CC1. The van der Waals surface area contributed by atoms with Crippen LogP contribution in [0.3, 0.4) is 0 Å². The van der Waals surface area contributed by atoms with E-state index < -0.39 is 0 Å². The number of hydrazine groups is 1. The maximum Gasteiger partial charge on any atom is 0.236 e. The molecule has 1 atom stereocenters. The second-order valence-corrected chi connectivity index (χ2v) is 6.11. The number of hydrogen-bond acceptors (Lipinski definition) is 5. The Balaban J connectivity index is 1.65. The van der Waals surface area contributed by atoms with Gasteiger partial charge >= 0.3 is 0 Å². The molecule has 19 heavy (non-hydrogen) atoms. The van der Waals surface area contributed by atoms with E-state index in [-0.39, 0.29) is 11.8 Å². The van der Waals surface area contributed by atoms with Crippen molar-refractivity contribution in [2.45, 2.75) is 36.6 Å². The third-order valence-corrected chi connectivity index (χ3v) is 5.14. The molecule has 0 radical (unpaired) electrons. The molecule has 0 saturated heterocycles. The molecule has 5 nitrogen and oxygen atoms in total. The quantitative estimate of drug-likeness (QED) is 0.331. The Hall–Kier alpha value is -1.11. The van der Waals surface area contributed by atoms with E-state index in [0.717, 1.165) is 25.7 Å². The Kier molecular flexibility index (Phi) is 3.72. The number of nitrogens with zero attached hydrogens (tertiary/aromatic N) is 1. The lowest BCUT2D eigenvalue weighted by Crippen LogP contribution is -2.38. The third-order valence-electron chi connectivity index (χ3n) is 4.20. The number of carbonyl (C=O) groups is 1. The molecule has 3 rings (SSSR count). The molecule has 0 bridgehead atoms. The van der Waals surface area contributed by atoms with Crippen LogP contribution < -0.4 is 16.0 Å². The van der Waals surface area contributed by atoms with Crippen molar-refractivity contribution in [3.05, 3.63) is 24.0 Å². The Morgan fingerprint density at radius 2 is 2.21 bits per heavy atom. The largest absolute Gasteiger partial charge is 0.294 e. The smallest absolute Gasteiger partial charge is 0.236 e. The maximum absolute atomic E-state index is 11.5. The topological polar surface area (TPSA) is 80.0 Å². The second kappa shape index (κ2) is 5.48. The fraction of sp³-hybridized carbons (Fsp3) is 0.538. The van der Waals surface area contributed by atoms with Crippen LogP contribution in [0.4, 0.5) is 0 Å². The first-order valence-electron chi connectivity index (χ1n) is 6.66. The van der Waals surface area contributed by atoms with Gasteiger partial charge in [0.25, 0.3) is 0 Å². The third kappa shape index (κ3) is 2.48. The molecular formula is C13H18N4OS. The number of aromatic nitrogens is 1. The predicted octanol–water partition coefficient (Wildman–Crippen LogP) is 1.53. The Bertz CT molecular complexity index is 473. The lowest BCUT2D eigenvalue weighted by Gasteiger charge is -2.31. The van der Waals surface area contributed by atoms with Gasteiger partial charge in [0.05, 0.1) is 0 Å². The van der Waals surface area contributed by atoms with Gasteiger partial charge in [0.1, 0.15) is 0 Å². The van der Waals surface area contributed by atoms with E-state index in [1.807, 2.05) is 12.4 Å². The van der Waals surface area contributed by atoms with Gasteiger partial charge in [-0.1, -0.05) is 0 Å². The average Bonchev–Trinajstić information content (AvgIpc) is 2.90. The van der Waals surface area contributed by atoms with E-state index in [0.29, 0.717) is 12.0 Å². The highest BCUT2D eigenvalue weighted by molar-refractivity contribution is 7.97. The van der Waals surface area contributed by atoms with E-state index in [1.54, 1.807) is 11.9 Å². The molecule has 1 aromatic heterocycles. The van der Waals surface area contributed by atoms with E-state index in [4.69, 9.17) is 5.84 Å². The zero-order valence-corrected chi connectivity index (χ0v) is 11.5. The molecule has 4 N–H and O–H groups in total. The lowest BCUT2D eigenvalue weighted by atomic mass is 9.77. The molecule has 1 aliphatic heterocycles. The van der Waals surface area contributed by atoms with E-state index >= 15 is 0 Å². The molecule has 1 saturated carbocycles. The molecule has 0 spiro atoms. The summed E-state index contributed by atoms with van der Waals surface area (Å²) >= 11 is 1.67. The first kappa shape index (κ1) is 12.9. The summed E-state index contributed by atoms with van der Waals surface area (Å²) in [6, 6.07) is 2.50.